The maximum atomic E-state index is 3.71. The summed E-state index contributed by atoms with van der Waals surface area (Å²) in [6.07, 6.45) is 8.08. The summed E-state index contributed by atoms with van der Waals surface area (Å²) in [5, 5.41) is 2.64. The molecule has 0 aliphatic heterocycles. The molecule has 5 rings (SSSR count). The number of hydrogen-bond acceptors (Lipinski definition) is 0. The quantitative estimate of drug-likeness (QED) is 0.360. The van der Waals surface area contributed by atoms with Crippen molar-refractivity contribution >= 4 is 27.4 Å². The van der Waals surface area contributed by atoms with Gasteiger partial charge in [-0.1, -0.05) is 81.0 Å². The zero-order chi connectivity index (χ0) is 20.7. The highest BCUT2D eigenvalue weighted by Gasteiger charge is 2.17. The summed E-state index contributed by atoms with van der Waals surface area (Å²) >= 11 is 0. The second-order valence-corrected chi connectivity index (χ2v) is 8.57. The van der Waals surface area contributed by atoms with Crippen LogP contribution in [-0.2, 0) is 6.42 Å². The Morgan fingerprint density at radius 1 is 0.833 bits per heavy atom. The lowest BCUT2D eigenvalue weighted by atomic mass is 9.84. The lowest BCUT2D eigenvalue weighted by Gasteiger charge is -2.21. The molecule has 1 N–H and O–H groups in total. The van der Waals surface area contributed by atoms with Gasteiger partial charge in [0.25, 0.3) is 0 Å². The normalized spacial score (nSPS) is 16.7. The van der Waals surface area contributed by atoms with Crippen LogP contribution in [0.25, 0.3) is 38.5 Å². The van der Waals surface area contributed by atoms with Gasteiger partial charge in [-0.15, -0.1) is 0 Å². The van der Waals surface area contributed by atoms with E-state index in [0.29, 0.717) is 5.92 Å². The highest BCUT2D eigenvalue weighted by molar-refractivity contribution is 6.09. The Morgan fingerprint density at radius 3 is 2.40 bits per heavy atom. The minimum Gasteiger partial charge on any atom is -0.354 e. The Hall–Kier alpha value is -3.06. The molecule has 1 aromatic heterocycles. The molecule has 0 fully saturated rings. The average molecular weight is 392 g/mol. The van der Waals surface area contributed by atoms with E-state index in [4.69, 9.17) is 0 Å². The molecule has 0 saturated heterocycles. The SMILES string of the molecule is CCC1=C(c2cc3[nH]c4cc(-c5ccccc5)ccc4c3cc2CC)C=CC(C)C1. The third-order valence-electron chi connectivity index (χ3n) is 6.57. The van der Waals surface area contributed by atoms with Crippen LogP contribution in [0.5, 0.6) is 0 Å². The number of aromatic nitrogens is 1. The number of fused-ring (bicyclic) bond motifs is 3. The molecular weight excluding hydrogens is 362 g/mol. The van der Waals surface area contributed by atoms with Gasteiger partial charge >= 0.3 is 0 Å². The third kappa shape index (κ3) is 3.19. The van der Waals surface area contributed by atoms with Crippen LogP contribution in [0.1, 0.15) is 44.7 Å². The molecule has 30 heavy (non-hydrogen) atoms. The van der Waals surface area contributed by atoms with Crippen LogP contribution in [0.3, 0.4) is 0 Å². The molecule has 1 heterocycles. The van der Waals surface area contributed by atoms with Crippen molar-refractivity contribution in [3.63, 3.8) is 0 Å². The average Bonchev–Trinajstić information content (AvgIpc) is 3.15. The van der Waals surface area contributed by atoms with Crippen molar-refractivity contribution in [2.75, 3.05) is 0 Å². The molecule has 0 bridgehead atoms. The van der Waals surface area contributed by atoms with Crippen LogP contribution in [-0.4, -0.2) is 4.98 Å². The van der Waals surface area contributed by atoms with E-state index in [1.807, 2.05) is 0 Å². The first-order chi connectivity index (χ1) is 14.7. The molecular formula is C29H29N. The number of aryl methyl sites for hydroxylation is 1. The Labute approximate surface area is 179 Å². The smallest absolute Gasteiger partial charge is 0.0471 e. The predicted octanol–water partition coefficient (Wildman–Crippen LogP) is 8.31. The van der Waals surface area contributed by atoms with E-state index in [0.717, 1.165) is 12.8 Å². The van der Waals surface area contributed by atoms with Crippen LogP contribution in [0, 0.1) is 5.92 Å². The van der Waals surface area contributed by atoms with Crippen LogP contribution in [0.15, 0.2) is 78.4 Å². The summed E-state index contributed by atoms with van der Waals surface area (Å²) in [5.74, 6) is 0.641. The second kappa shape index (κ2) is 7.65. The molecule has 0 amide bonds. The standard InChI is InChI=1S/C29H29N/c1-4-20-15-19(3)11-13-24(20)26-18-29-27(16-21(26)5-2)25-14-12-23(17-28(25)30-29)22-9-7-6-8-10-22/h6-14,16-19,30H,4-5,15H2,1-3H3. The molecule has 4 aromatic rings. The number of H-pyrrole nitrogens is 1. The van der Waals surface area contributed by atoms with Gasteiger partial charge in [0.2, 0.25) is 0 Å². The van der Waals surface area contributed by atoms with Crippen molar-refractivity contribution in [2.24, 2.45) is 5.92 Å². The topological polar surface area (TPSA) is 15.8 Å². The Bertz CT molecular complexity index is 1280. The highest BCUT2D eigenvalue weighted by atomic mass is 14.7. The summed E-state index contributed by atoms with van der Waals surface area (Å²) < 4.78 is 0. The molecule has 0 spiro atoms. The van der Waals surface area contributed by atoms with Gasteiger partial charge in [0.05, 0.1) is 0 Å². The van der Waals surface area contributed by atoms with E-state index < -0.39 is 0 Å². The van der Waals surface area contributed by atoms with E-state index in [9.17, 15) is 0 Å². The fourth-order valence-electron chi connectivity index (χ4n) is 4.91. The lowest BCUT2D eigenvalue weighted by Crippen LogP contribution is -2.03. The van der Waals surface area contributed by atoms with Gasteiger partial charge in [0.1, 0.15) is 0 Å². The van der Waals surface area contributed by atoms with Crippen LogP contribution in [0.4, 0.5) is 0 Å². The molecule has 1 aliphatic carbocycles. The van der Waals surface area contributed by atoms with Gasteiger partial charge in [0.15, 0.2) is 0 Å². The van der Waals surface area contributed by atoms with E-state index >= 15 is 0 Å². The Balaban J connectivity index is 1.69. The molecule has 0 saturated carbocycles. The minimum absolute atomic E-state index is 0.641. The van der Waals surface area contributed by atoms with Gasteiger partial charge in [-0.05, 0) is 71.2 Å². The van der Waals surface area contributed by atoms with Gasteiger partial charge in [-0.25, -0.2) is 0 Å². The van der Waals surface area contributed by atoms with Crippen LogP contribution < -0.4 is 0 Å². The largest absolute Gasteiger partial charge is 0.354 e. The predicted molar refractivity (Wildman–Crippen MR) is 131 cm³/mol. The zero-order valence-corrected chi connectivity index (χ0v) is 18.1. The monoisotopic (exact) mass is 391 g/mol. The number of hydrogen-bond donors (Lipinski definition) is 1. The summed E-state index contributed by atoms with van der Waals surface area (Å²) in [7, 11) is 0. The molecule has 1 aliphatic rings. The number of allylic oxidation sites excluding steroid dienone is 4. The first kappa shape index (κ1) is 18.9. The summed E-state index contributed by atoms with van der Waals surface area (Å²) in [4.78, 5) is 3.71. The third-order valence-corrected chi connectivity index (χ3v) is 6.57. The minimum atomic E-state index is 0.641. The van der Waals surface area contributed by atoms with Crippen LogP contribution in [0.2, 0.25) is 0 Å². The molecule has 1 nitrogen and oxygen atoms in total. The second-order valence-electron chi connectivity index (χ2n) is 8.57. The van der Waals surface area contributed by atoms with Crippen molar-refractivity contribution in [3.8, 4) is 11.1 Å². The Kier molecular flexibility index (Phi) is 4.83. The number of rotatable bonds is 4. The number of aromatic amines is 1. The van der Waals surface area contributed by atoms with Gasteiger partial charge in [0, 0.05) is 21.8 Å². The molecule has 150 valence electrons. The maximum absolute atomic E-state index is 3.71. The molecule has 1 unspecified atom stereocenters. The van der Waals surface area contributed by atoms with E-state index in [1.165, 1.54) is 56.1 Å². The summed E-state index contributed by atoms with van der Waals surface area (Å²) in [6, 6.07) is 22.2. The van der Waals surface area contributed by atoms with E-state index in [1.54, 1.807) is 5.57 Å². The molecule has 1 heteroatoms. The van der Waals surface area contributed by atoms with E-state index in [2.05, 4.69) is 98.6 Å². The van der Waals surface area contributed by atoms with Gasteiger partial charge in [-0.3, -0.25) is 0 Å². The maximum Gasteiger partial charge on any atom is 0.0471 e. The van der Waals surface area contributed by atoms with Gasteiger partial charge < -0.3 is 4.98 Å². The van der Waals surface area contributed by atoms with Gasteiger partial charge in [-0.2, -0.15) is 0 Å². The van der Waals surface area contributed by atoms with Crippen molar-refractivity contribution in [1.82, 2.24) is 4.98 Å². The fraction of sp³-hybridized carbons (Fsp3) is 0.241. The van der Waals surface area contributed by atoms with E-state index in [-0.39, 0.29) is 0 Å². The zero-order valence-electron chi connectivity index (χ0n) is 18.1. The number of benzene rings is 3. The van der Waals surface area contributed by atoms with Crippen molar-refractivity contribution in [3.05, 3.63) is 89.5 Å². The first-order valence-electron chi connectivity index (χ1n) is 11.2. The first-order valence-corrected chi connectivity index (χ1v) is 11.2. The molecule has 3 aromatic carbocycles. The summed E-state index contributed by atoms with van der Waals surface area (Å²) in [5.41, 5.74) is 10.8. The van der Waals surface area contributed by atoms with Crippen LogP contribution >= 0.6 is 0 Å². The number of nitrogens with one attached hydrogen (secondary N) is 1. The van der Waals surface area contributed by atoms with Crippen molar-refractivity contribution < 1.29 is 0 Å². The Morgan fingerprint density at radius 2 is 1.63 bits per heavy atom. The highest BCUT2D eigenvalue weighted by Crippen LogP contribution is 2.37. The van der Waals surface area contributed by atoms with Crippen molar-refractivity contribution in [1.29, 1.82) is 0 Å². The summed E-state index contributed by atoms with van der Waals surface area (Å²) in [6.45, 7) is 6.88. The fourth-order valence-corrected chi connectivity index (χ4v) is 4.91. The molecule has 1 atom stereocenters. The van der Waals surface area contributed by atoms with Crippen molar-refractivity contribution in [2.45, 2.75) is 40.0 Å². The molecule has 0 radical (unpaired) electrons. The lowest BCUT2D eigenvalue weighted by molar-refractivity contribution is 0.692.